The van der Waals surface area contributed by atoms with E-state index in [0.717, 1.165) is 0 Å². The van der Waals surface area contributed by atoms with Crippen LogP contribution in [0.25, 0.3) is 70.7 Å². The first-order valence-corrected chi connectivity index (χ1v) is 11.5. The zero-order valence-electron chi connectivity index (χ0n) is 16.4. The molecule has 0 atom stereocenters. The van der Waals surface area contributed by atoms with Gasteiger partial charge in [-0.25, -0.2) is 0 Å². The molecule has 8 rings (SSSR count). The summed E-state index contributed by atoms with van der Waals surface area (Å²) < 4.78 is 4.82. The molecule has 0 N–H and O–H groups in total. The Morgan fingerprint density at radius 3 is 2.10 bits per heavy atom. The van der Waals surface area contributed by atoms with Crippen molar-refractivity contribution in [3.05, 3.63) is 91.0 Å². The minimum atomic E-state index is 1.26. The fourth-order valence-corrected chi connectivity index (χ4v) is 6.46. The number of aromatic nitrogens is 2. The van der Waals surface area contributed by atoms with E-state index < -0.39 is 0 Å². The lowest BCUT2D eigenvalue weighted by Gasteiger charge is -2.06. The first-order valence-electron chi connectivity index (χ1n) is 10.5. The van der Waals surface area contributed by atoms with Crippen LogP contribution in [0.4, 0.5) is 0 Å². The molecule has 0 fully saturated rings. The van der Waals surface area contributed by atoms with E-state index in [9.17, 15) is 0 Å². The molecular formula is C28H15IN2. The van der Waals surface area contributed by atoms with Crippen molar-refractivity contribution in [3.63, 3.8) is 0 Å². The molecule has 2 nitrogen and oxygen atoms in total. The SMILES string of the molecule is In1c2cccc3c4cc5ccccc5cc4n4c5ccccc5c5ccc1c(c32)c54. The molecule has 0 aliphatic rings. The second kappa shape index (κ2) is 5.48. The highest BCUT2D eigenvalue weighted by atomic mass is 127. The van der Waals surface area contributed by atoms with Crippen molar-refractivity contribution in [3.8, 4) is 0 Å². The smallest absolute Gasteiger partial charge is 0.0646 e. The van der Waals surface area contributed by atoms with Gasteiger partial charge in [0.15, 0.2) is 0 Å². The van der Waals surface area contributed by atoms with Crippen molar-refractivity contribution < 1.29 is 0 Å². The number of hydrogen-bond donors (Lipinski definition) is 0. The van der Waals surface area contributed by atoms with Gasteiger partial charge < -0.3 is 4.40 Å². The topological polar surface area (TPSA) is 9.34 Å². The van der Waals surface area contributed by atoms with Crippen LogP contribution >= 0.6 is 22.9 Å². The van der Waals surface area contributed by atoms with Gasteiger partial charge >= 0.3 is 0 Å². The Hall–Kier alpha value is -3.31. The van der Waals surface area contributed by atoms with E-state index >= 15 is 0 Å². The molecular weight excluding hydrogens is 491 g/mol. The quantitative estimate of drug-likeness (QED) is 0.183. The van der Waals surface area contributed by atoms with E-state index in [2.05, 4.69) is 121 Å². The van der Waals surface area contributed by atoms with Gasteiger partial charge in [0.1, 0.15) is 0 Å². The van der Waals surface area contributed by atoms with Gasteiger partial charge in [-0.3, -0.25) is 2.78 Å². The molecule has 0 unspecified atom stereocenters. The van der Waals surface area contributed by atoms with Crippen LogP contribution in [0.5, 0.6) is 0 Å². The van der Waals surface area contributed by atoms with Crippen LogP contribution in [0.15, 0.2) is 91.0 Å². The summed E-state index contributed by atoms with van der Waals surface area (Å²) in [6, 6.07) is 33.6. The maximum Gasteiger partial charge on any atom is 0.0646 e. The molecule has 0 saturated heterocycles. The van der Waals surface area contributed by atoms with Crippen LogP contribution in [0.1, 0.15) is 0 Å². The highest BCUT2D eigenvalue weighted by Gasteiger charge is 2.21. The first-order chi connectivity index (χ1) is 15.3. The van der Waals surface area contributed by atoms with E-state index in [1.54, 1.807) is 0 Å². The van der Waals surface area contributed by atoms with Gasteiger partial charge in [-0.1, -0.05) is 60.7 Å². The summed E-state index contributed by atoms with van der Waals surface area (Å²) in [6.07, 6.45) is 0. The van der Waals surface area contributed by atoms with Gasteiger partial charge in [0.05, 0.1) is 50.4 Å². The fraction of sp³-hybridized carbons (Fsp3) is 0. The maximum absolute atomic E-state index is 2.50. The third kappa shape index (κ3) is 1.85. The molecule has 0 radical (unpaired) electrons. The van der Waals surface area contributed by atoms with E-state index in [1.165, 1.54) is 70.7 Å². The fourth-order valence-electron chi connectivity index (χ4n) is 5.66. The van der Waals surface area contributed by atoms with Crippen molar-refractivity contribution >= 4 is 93.5 Å². The molecule has 0 bridgehead atoms. The zero-order chi connectivity index (χ0) is 20.3. The summed E-state index contributed by atoms with van der Waals surface area (Å²) in [5.74, 6) is 0. The molecule has 3 aromatic heterocycles. The monoisotopic (exact) mass is 506 g/mol. The Kier molecular flexibility index (Phi) is 2.90. The maximum atomic E-state index is 2.50. The van der Waals surface area contributed by atoms with Crippen molar-refractivity contribution in [2.75, 3.05) is 0 Å². The number of rotatable bonds is 0. The Morgan fingerprint density at radius 2 is 1.19 bits per heavy atom. The van der Waals surface area contributed by atoms with Crippen molar-refractivity contribution in [1.29, 1.82) is 0 Å². The average molecular weight is 506 g/mol. The van der Waals surface area contributed by atoms with Crippen LogP contribution in [0.2, 0.25) is 0 Å². The number of halogens is 1. The van der Waals surface area contributed by atoms with E-state index in [4.69, 9.17) is 0 Å². The van der Waals surface area contributed by atoms with Crippen molar-refractivity contribution in [2.45, 2.75) is 0 Å². The molecule has 0 aliphatic carbocycles. The van der Waals surface area contributed by atoms with Crippen molar-refractivity contribution in [2.24, 2.45) is 0 Å². The molecule has 0 aliphatic heterocycles. The molecule has 0 spiro atoms. The summed E-state index contributed by atoms with van der Waals surface area (Å²) >= 11 is 2.46. The lowest BCUT2D eigenvalue weighted by atomic mass is 10.0. The Labute approximate surface area is 191 Å². The number of para-hydroxylation sites is 1. The predicted molar refractivity (Wildman–Crippen MR) is 141 cm³/mol. The van der Waals surface area contributed by atoms with E-state index in [1.807, 2.05) is 0 Å². The van der Waals surface area contributed by atoms with Gasteiger partial charge in [-0.15, -0.1) is 0 Å². The van der Waals surface area contributed by atoms with Gasteiger partial charge in [0.2, 0.25) is 0 Å². The Morgan fingerprint density at radius 1 is 0.484 bits per heavy atom. The highest BCUT2D eigenvalue weighted by Crippen LogP contribution is 2.45. The summed E-state index contributed by atoms with van der Waals surface area (Å²) in [7, 11) is 0. The Balaban J connectivity index is 1.90. The summed E-state index contributed by atoms with van der Waals surface area (Å²) in [4.78, 5) is 0. The van der Waals surface area contributed by atoms with Crippen LogP contribution in [-0.2, 0) is 0 Å². The molecule has 31 heavy (non-hydrogen) atoms. The molecule has 8 aromatic rings. The third-order valence-electron chi connectivity index (χ3n) is 6.93. The molecule has 144 valence electrons. The minimum absolute atomic E-state index is 1.26. The molecule has 3 heterocycles. The second-order valence-electron chi connectivity index (χ2n) is 8.41. The number of benzene rings is 5. The number of nitrogens with zero attached hydrogens (tertiary/aromatic N) is 2. The van der Waals surface area contributed by atoms with Gasteiger partial charge in [0, 0.05) is 26.9 Å². The summed E-state index contributed by atoms with van der Waals surface area (Å²) in [5, 5.41) is 10.5. The van der Waals surface area contributed by atoms with Gasteiger partial charge in [-0.2, -0.15) is 0 Å². The van der Waals surface area contributed by atoms with Gasteiger partial charge in [-0.05, 0) is 46.5 Å². The third-order valence-corrected chi connectivity index (χ3v) is 7.96. The second-order valence-corrected chi connectivity index (χ2v) is 9.37. The molecule has 5 aromatic carbocycles. The Bertz CT molecular complexity index is 2010. The first kappa shape index (κ1) is 16.4. The summed E-state index contributed by atoms with van der Waals surface area (Å²) in [6.45, 7) is 0. The predicted octanol–water partition coefficient (Wildman–Crippen LogP) is 8.30. The highest BCUT2D eigenvalue weighted by molar-refractivity contribution is 14.1. The largest absolute Gasteiger partial charge is 0.308 e. The van der Waals surface area contributed by atoms with E-state index in [0.29, 0.717) is 0 Å². The number of hydrogen-bond acceptors (Lipinski definition) is 0. The standard InChI is InChI=1S/C28H15IN2/c29-31-23-11-5-9-19-21-14-16-6-1-2-7-17(16)15-25(21)30-22-10-4-3-8-18(22)20-12-13-24(31)27(26(19)23)28(20)30/h1-15H. The zero-order valence-corrected chi connectivity index (χ0v) is 18.6. The van der Waals surface area contributed by atoms with Crippen LogP contribution in [-0.4, -0.2) is 7.18 Å². The average Bonchev–Trinajstić information content (AvgIpc) is 3.26. The van der Waals surface area contributed by atoms with Crippen molar-refractivity contribution in [1.82, 2.24) is 7.18 Å². The molecule has 0 amide bonds. The number of fused-ring (bicyclic) bond motifs is 7. The van der Waals surface area contributed by atoms with Crippen LogP contribution in [0.3, 0.4) is 0 Å². The van der Waals surface area contributed by atoms with Crippen LogP contribution in [0, 0.1) is 0 Å². The minimum Gasteiger partial charge on any atom is -0.308 e. The lowest BCUT2D eigenvalue weighted by molar-refractivity contribution is 1.36. The van der Waals surface area contributed by atoms with Gasteiger partial charge in [0.25, 0.3) is 0 Å². The van der Waals surface area contributed by atoms with E-state index in [-0.39, 0.29) is 0 Å². The molecule has 3 heteroatoms. The normalized spacial score (nSPS) is 12.7. The van der Waals surface area contributed by atoms with Crippen LogP contribution < -0.4 is 0 Å². The molecule has 0 saturated carbocycles. The lowest BCUT2D eigenvalue weighted by Crippen LogP contribution is -1.87. The summed E-state index contributed by atoms with van der Waals surface area (Å²) in [5.41, 5.74) is 6.40.